The maximum Gasteiger partial charge on any atom is 0.427 e. The van der Waals surface area contributed by atoms with Crippen LogP contribution in [-0.2, 0) is 19.6 Å². The number of halogens is 3. The maximum atomic E-state index is 13.6. The summed E-state index contributed by atoms with van der Waals surface area (Å²) in [5.41, 5.74) is -2.84. The average molecular weight is 547 g/mol. The van der Waals surface area contributed by atoms with Gasteiger partial charge in [0.25, 0.3) is 10.0 Å². The zero-order chi connectivity index (χ0) is 27.6. The molecule has 1 atom stereocenters. The lowest BCUT2D eigenvalue weighted by Crippen LogP contribution is -2.44. The van der Waals surface area contributed by atoms with Gasteiger partial charge in [0.15, 0.2) is 0 Å². The Bertz CT molecular complexity index is 1280. The van der Waals surface area contributed by atoms with Crippen LogP contribution in [-0.4, -0.2) is 57.1 Å². The van der Waals surface area contributed by atoms with Gasteiger partial charge in [-0.2, -0.15) is 13.2 Å². The van der Waals surface area contributed by atoms with E-state index in [0.717, 1.165) is 4.31 Å². The molecule has 1 aliphatic rings. The van der Waals surface area contributed by atoms with Crippen molar-refractivity contribution in [3.8, 4) is 11.5 Å². The average Bonchev–Trinajstić information content (AvgIpc) is 2.81. The molecule has 0 saturated carbocycles. The van der Waals surface area contributed by atoms with Gasteiger partial charge in [-0.3, -0.25) is 14.4 Å². The third-order valence-corrected chi connectivity index (χ3v) is 7.25. The van der Waals surface area contributed by atoms with Gasteiger partial charge in [0.2, 0.25) is 5.60 Å². The molecule has 0 bridgehead atoms. The molecule has 202 valence electrons. The fourth-order valence-corrected chi connectivity index (χ4v) is 4.91. The molecule has 14 heteroatoms. The highest BCUT2D eigenvalue weighted by molar-refractivity contribution is 7.92. The number of carboxylic acids is 1. The number of ether oxygens (including phenoxy) is 3. The van der Waals surface area contributed by atoms with E-state index in [-0.39, 0.29) is 47.2 Å². The van der Waals surface area contributed by atoms with Gasteiger partial charge in [0.05, 0.1) is 24.2 Å². The Labute approximate surface area is 211 Å². The van der Waals surface area contributed by atoms with Gasteiger partial charge < -0.3 is 19.3 Å². The first-order chi connectivity index (χ1) is 17.1. The lowest BCUT2D eigenvalue weighted by atomic mass is 10.1. The minimum Gasteiger partial charge on any atom is -0.497 e. The molecule has 1 amide bonds. The minimum atomic E-state index is -4.82. The van der Waals surface area contributed by atoms with Crippen LogP contribution in [0.15, 0.2) is 47.4 Å². The number of anilines is 2. The summed E-state index contributed by atoms with van der Waals surface area (Å²) in [6.45, 7) is 1.12. The maximum absolute atomic E-state index is 13.6. The van der Waals surface area contributed by atoms with Crippen molar-refractivity contribution in [1.29, 1.82) is 0 Å². The van der Waals surface area contributed by atoms with E-state index >= 15 is 0 Å². The van der Waals surface area contributed by atoms with Crippen LogP contribution in [0.4, 0.5) is 29.3 Å². The van der Waals surface area contributed by atoms with E-state index in [1.807, 2.05) is 0 Å². The standard InChI is InChI=1S/C23H25F3N2O8S/c1-22(2,23(24,25)26)36-21(31)27-14-7-9-19-18(11-14)28(13-16(35-19)8-10-20(29)30)37(32,33)17-6-4-5-15(12-17)34-3/h4-7,9,11-12,16H,8,10,13H2,1-3H3,(H,27,31)(H,29,30). The normalized spacial score (nSPS) is 15.8. The molecule has 0 aromatic heterocycles. The molecule has 2 aromatic rings. The Morgan fingerprint density at radius 3 is 2.51 bits per heavy atom. The number of carbonyl (C=O) groups is 2. The van der Waals surface area contributed by atoms with Gasteiger partial charge in [0.1, 0.15) is 17.6 Å². The molecule has 1 unspecified atom stereocenters. The molecule has 1 aliphatic heterocycles. The SMILES string of the molecule is COc1cccc(S(=O)(=O)N2CC(CCC(=O)O)Oc3ccc(NC(=O)OC(C)(C)C(F)(F)F)cc32)c1. The first-order valence-electron chi connectivity index (χ1n) is 10.9. The van der Waals surface area contributed by atoms with Crippen molar-refractivity contribution >= 4 is 33.5 Å². The first-order valence-corrected chi connectivity index (χ1v) is 12.3. The minimum absolute atomic E-state index is 0.0117. The molecule has 0 aliphatic carbocycles. The van der Waals surface area contributed by atoms with Crippen LogP contribution >= 0.6 is 0 Å². The highest BCUT2D eigenvalue weighted by Gasteiger charge is 2.51. The Kier molecular flexibility index (Phi) is 7.81. The Morgan fingerprint density at radius 1 is 1.19 bits per heavy atom. The predicted octanol–water partition coefficient (Wildman–Crippen LogP) is 4.41. The largest absolute Gasteiger partial charge is 0.497 e. The van der Waals surface area contributed by atoms with Crippen molar-refractivity contribution in [2.45, 2.75) is 49.5 Å². The van der Waals surface area contributed by atoms with Crippen LogP contribution in [0.5, 0.6) is 11.5 Å². The summed E-state index contributed by atoms with van der Waals surface area (Å²) in [6, 6.07) is 9.50. The highest BCUT2D eigenvalue weighted by Crippen LogP contribution is 2.40. The van der Waals surface area contributed by atoms with E-state index < -0.39 is 40.0 Å². The molecular weight excluding hydrogens is 521 g/mol. The molecule has 3 rings (SSSR count). The van der Waals surface area contributed by atoms with Crippen LogP contribution < -0.4 is 19.1 Å². The lowest BCUT2D eigenvalue weighted by molar-refractivity contribution is -0.242. The quantitative estimate of drug-likeness (QED) is 0.498. The molecule has 0 saturated heterocycles. The number of sulfonamides is 1. The number of alkyl halides is 3. The Balaban J connectivity index is 1.97. The fourth-order valence-electron chi connectivity index (χ4n) is 3.37. The Morgan fingerprint density at radius 2 is 1.89 bits per heavy atom. The summed E-state index contributed by atoms with van der Waals surface area (Å²) in [5.74, 6) is -0.735. The fraction of sp³-hybridized carbons (Fsp3) is 0.391. The van der Waals surface area contributed by atoms with Crippen LogP contribution in [0.2, 0.25) is 0 Å². The number of carboxylic acid groups (broad SMARTS) is 1. The smallest absolute Gasteiger partial charge is 0.427 e. The summed E-state index contributed by atoms with van der Waals surface area (Å²) in [4.78, 5) is 23.1. The number of nitrogens with one attached hydrogen (secondary N) is 1. The second kappa shape index (κ2) is 10.4. The van der Waals surface area contributed by atoms with E-state index in [1.165, 1.54) is 43.5 Å². The second-order valence-electron chi connectivity index (χ2n) is 8.59. The second-order valence-corrected chi connectivity index (χ2v) is 10.5. The van der Waals surface area contributed by atoms with Crippen molar-refractivity contribution in [3.05, 3.63) is 42.5 Å². The topological polar surface area (TPSA) is 131 Å². The number of methoxy groups -OCH3 is 1. The molecule has 10 nitrogen and oxygen atoms in total. The highest BCUT2D eigenvalue weighted by atomic mass is 32.2. The van der Waals surface area contributed by atoms with Crippen LogP contribution in [0, 0.1) is 0 Å². The lowest BCUT2D eigenvalue weighted by Gasteiger charge is -2.35. The number of amides is 1. The van der Waals surface area contributed by atoms with Gasteiger partial charge in [-0.15, -0.1) is 0 Å². The monoisotopic (exact) mass is 546 g/mol. The van der Waals surface area contributed by atoms with Crippen LogP contribution in [0.25, 0.3) is 0 Å². The molecule has 2 N–H and O–H groups in total. The van der Waals surface area contributed by atoms with E-state index in [9.17, 15) is 31.2 Å². The van der Waals surface area contributed by atoms with Gasteiger partial charge >= 0.3 is 18.2 Å². The zero-order valence-corrected chi connectivity index (χ0v) is 20.9. The zero-order valence-electron chi connectivity index (χ0n) is 20.0. The molecular formula is C23H25F3N2O8S. The van der Waals surface area contributed by atoms with E-state index in [0.29, 0.717) is 13.8 Å². The number of nitrogens with zero attached hydrogens (tertiary/aromatic N) is 1. The van der Waals surface area contributed by atoms with E-state index in [2.05, 4.69) is 10.1 Å². The molecule has 0 fully saturated rings. The van der Waals surface area contributed by atoms with Crippen LogP contribution in [0.1, 0.15) is 26.7 Å². The van der Waals surface area contributed by atoms with Crippen molar-refractivity contribution < 1.29 is 50.5 Å². The number of benzene rings is 2. The van der Waals surface area contributed by atoms with Gasteiger partial charge in [0, 0.05) is 18.2 Å². The summed E-state index contributed by atoms with van der Waals surface area (Å²) < 4.78 is 82.8. The van der Waals surface area contributed by atoms with Gasteiger partial charge in [-0.05, 0) is 50.6 Å². The number of hydrogen-bond donors (Lipinski definition) is 2. The number of aliphatic carboxylic acids is 1. The first kappa shape index (κ1) is 27.9. The van der Waals surface area contributed by atoms with Crippen molar-refractivity contribution in [1.82, 2.24) is 0 Å². The number of rotatable bonds is 8. The number of carbonyl (C=O) groups excluding carboxylic acids is 1. The van der Waals surface area contributed by atoms with Crippen LogP contribution in [0.3, 0.4) is 0 Å². The molecule has 37 heavy (non-hydrogen) atoms. The van der Waals surface area contributed by atoms with Gasteiger partial charge in [-0.25, -0.2) is 13.2 Å². The third-order valence-electron chi connectivity index (χ3n) is 5.48. The predicted molar refractivity (Wildman–Crippen MR) is 125 cm³/mol. The summed E-state index contributed by atoms with van der Waals surface area (Å²) in [7, 11) is -2.87. The van der Waals surface area contributed by atoms with Crippen molar-refractivity contribution in [2.75, 3.05) is 23.3 Å². The number of fused-ring (bicyclic) bond motifs is 1. The third kappa shape index (κ3) is 6.37. The van der Waals surface area contributed by atoms with E-state index in [1.54, 1.807) is 6.07 Å². The van der Waals surface area contributed by atoms with E-state index in [4.69, 9.17) is 14.6 Å². The summed E-state index contributed by atoms with van der Waals surface area (Å²) in [5, 5.41) is 11.2. The van der Waals surface area contributed by atoms with Crippen molar-refractivity contribution in [2.24, 2.45) is 0 Å². The molecule has 0 radical (unpaired) electrons. The van der Waals surface area contributed by atoms with Gasteiger partial charge in [-0.1, -0.05) is 6.07 Å². The molecule has 0 spiro atoms. The summed E-state index contributed by atoms with van der Waals surface area (Å²) in [6.07, 6.45) is -7.29. The summed E-state index contributed by atoms with van der Waals surface area (Å²) >= 11 is 0. The molecule has 1 heterocycles. The Hall–Kier alpha value is -3.68. The number of hydrogen-bond acceptors (Lipinski definition) is 7. The molecule has 2 aromatic carbocycles. The van der Waals surface area contributed by atoms with Crippen molar-refractivity contribution in [3.63, 3.8) is 0 Å².